The van der Waals surface area contributed by atoms with Crippen LogP contribution in [0.4, 0.5) is 9.52 Å². The van der Waals surface area contributed by atoms with Crippen molar-refractivity contribution >= 4 is 37.8 Å². The first-order valence-electron chi connectivity index (χ1n) is 9.23. The SMILES string of the molecule is C[C@H](c1cccc(C#CCN)c1)n1c(=O)oc2cc(S(=O)(=O)Nc3ncns3)c(F)cc21. The predicted molar refractivity (Wildman–Crippen MR) is 117 cm³/mol. The molecule has 2 aromatic heterocycles. The molecule has 4 rings (SSSR count). The summed E-state index contributed by atoms with van der Waals surface area (Å²) >= 11 is 0.800. The first-order chi connectivity index (χ1) is 15.3. The molecule has 32 heavy (non-hydrogen) atoms. The second-order valence-corrected chi connectivity index (χ2v) is 9.08. The maximum atomic E-state index is 14.9. The van der Waals surface area contributed by atoms with E-state index in [9.17, 15) is 17.6 Å². The van der Waals surface area contributed by atoms with Crippen LogP contribution in [0.5, 0.6) is 0 Å². The molecule has 2 aromatic carbocycles. The third kappa shape index (κ3) is 4.13. The summed E-state index contributed by atoms with van der Waals surface area (Å²) in [6, 6.07) is 8.57. The number of halogens is 1. The molecule has 2 heterocycles. The van der Waals surface area contributed by atoms with Crippen LogP contribution in [0.1, 0.15) is 24.1 Å². The molecule has 9 nitrogen and oxygen atoms in total. The Bertz CT molecular complexity index is 1520. The van der Waals surface area contributed by atoms with Gasteiger partial charge in [0, 0.05) is 29.2 Å². The topological polar surface area (TPSA) is 133 Å². The van der Waals surface area contributed by atoms with Crippen LogP contribution in [-0.4, -0.2) is 28.9 Å². The minimum Gasteiger partial charge on any atom is -0.408 e. The second kappa shape index (κ2) is 8.54. The molecule has 0 saturated heterocycles. The largest absolute Gasteiger partial charge is 0.420 e. The monoisotopic (exact) mass is 473 g/mol. The Balaban J connectivity index is 1.77. The van der Waals surface area contributed by atoms with Gasteiger partial charge >= 0.3 is 5.76 Å². The van der Waals surface area contributed by atoms with Crippen LogP contribution < -0.4 is 16.2 Å². The smallest absolute Gasteiger partial charge is 0.408 e. The van der Waals surface area contributed by atoms with E-state index in [0.717, 1.165) is 29.2 Å². The van der Waals surface area contributed by atoms with E-state index in [-0.39, 0.29) is 22.8 Å². The third-order valence-electron chi connectivity index (χ3n) is 4.63. The lowest BCUT2D eigenvalue weighted by molar-refractivity contribution is 0.489. The second-order valence-electron chi connectivity index (χ2n) is 6.65. The Morgan fingerprint density at radius 3 is 2.88 bits per heavy atom. The molecule has 0 unspecified atom stereocenters. The van der Waals surface area contributed by atoms with E-state index in [1.807, 2.05) is 0 Å². The first-order valence-corrected chi connectivity index (χ1v) is 11.5. The molecular formula is C20H16FN5O4S2. The van der Waals surface area contributed by atoms with E-state index in [1.165, 1.54) is 10.9 Å². The molecule has 3 N–H and O–H groups in total. The van der Waals surface area contributed by atoms with E-state index in [2.05, 4.69) is 25.9 Å². The summed E-state index contributed by atoms with van der Waals surface area (Å²) in [5, 5.41) is -0.0187. The predicted octanol–water partition coefficient (Wildman–Crippen LogP) is 2.31. The van der Waals surface area contributed by atoms with Gasteiger partial charge in [0.1, 0.15) is 17.0 Å². The van der Waals surface area contributed by atoms with Gasteiger partial charge < -0.3 is 10.2 Å². The van der Waals surface area contributed by atoms with Crippen LogP contribution in [0.15, 0.2) is 56.8 Å². The highest BCUT2D eigenvalue weighted by atomic mass is 32.2. The Hall–Kier alpha value is -3.53. The van der Waals surface area contributed by atoms with E-state index in [1.54, 1.807) is 31.2 Å². The highest BCUT2D eigenvalue weighted by Gasteiger charge is 2.25. The summed E-state index contributed by atoms with van der Waals surface area (Å²) in [7, 11) is -4.31. The fourth-order valence-corrected chi connectivity index (χ4v) is 4.91. The van der Waals surface area contributed by atoms with Crippen molar-refractivity contribution < 1.29 is 17.2 Å². The number of rotatable bonds is 5. The molecule has 4 aromatic rings. The lowest BCUT2D eigenvalue weighted by Crippen LogP contribution is -2.19. The highest BCUT2D eigenvalue weighted by Crippen LogP contribution is 2.28. The third-order valence-corrected chi connectivity index (χ3v) is 6.69. The maximum absolute atomic E-state index is 14.9. The van der Waals surface area contributed by atoms with E-state index in [0.29, 0.717) is 5.56 Å². The van der Waals surface area contributed by atoms with E-state index >= 15 is 0 Å². The van der Waals surface area contributed by atoms with Gasteiger partial charge in [0.2, 0.25) is 5.13 Å². The van der Waals surface area contributed by atoms with Gasteiger partial charge in [-0.25, -0.2) is 22.6 Å². The first kappa shape index (κ1) is 21.7. The van der Waals surface area contributed by atoms with Crippen molar-refractivity contribution in [2.45, 2.75) is 17.9 Å². The zero-order valence-electron chi connectivity index (χ0n) is 16.6. The van der Waals surface area contributed by atoms with Gasteiger partial charge in [-0.15, -0.1) is 0 Å². The average molecular weight is 474 g/mol. The van der Waals surface area contributed by atoms with Crippen LogP contribution in [0.25, 0.3) is 11.1 Å². The number of nitrogens with zero attached hydrogens (tertiary/aromatic N) is 3. The quantitative estimate of drug-likeness (QED) is 0.425. The number of hydrogen-bond donors (Lipinski definition) is 2. The van der Waals surface area contributed by atoms with Crippen molar-refractivity contribution in [3.05, 3.63) is 70.2 Å². The fraction of sp³-hybridized carbons (Fsp3) is 0.150. The molecule has 0 radical (unpaired) electrons. The number of anilines is 1. The number of sulfonamides is 1. The van der Waals surface area contributed by atoms with E-state index in [4.69, 9.17) is 10.2 Å². The van der Waals surface area contributed by atoms with Gasteiger partial charge in [-0.2, -0.15) is 4.37 Å². The standard InChI is InChI=1S/C20H16FN5O4S2/c1-12(14-6-2-4-13(8-14)5-3-7-22)26-16-9-15(21)18(10-17(16)30-20(26)27)32(28,29)25-19-23-11-24-31-19/h2,4,6,8-12H,7,22H2,1H3,(H,23,24,25)/t12-/m1/s1. The normalized spacial score (nSPS) is 12.3. The van der Waals surface area contributed by atoms with Crippen molar-refractivity contribution in [2.24, 2.45) is 5.73 Å². The number of nitrogens with two attached hydrogens (primary N) is 1. The summed E-state index contributed by atoms with van der Waals surface area (Å²) in [4.78, 5) is 15.6. The van der Waals surface area contributed by atoms with Crippen molar-refractivity contribution in [1.29, 1.82) is 0 Å². The van der Waals surface area contributed by atoms with Gasteiger partial charge in [-0.1, -0.05) is 24.0 Å². The van der Waals surface area contributed by atoms with Gasteiger partial charge in [-0.05, 0) is 24.6 Å². The van der Waals surface area contributed by atoms with Crippen LogP contribution >= 0.6 is 11.5 Å². The van der Waals surface area contributed by atoms with Crippen molar-refractivity contribution in [2.75, 3.05) is 11.3 Å². The van der Waals surface area contributed by atoms with Gasteiger partial charge in [-0.3, -0.25) is 9.29 Å². The van der Waals surface area contributed by atoms with Crippen molar-refractivity contribution in [1.82, 2.24) is 13.9 Å². The van der Waals surface area contributed by atoms with Crippen LogP contribution in [0.2, 0.25) is 0 Å². The summed E-state index contributed by atoms with van der Waals surface area (Å²) in [5.74, 6) is 3.88. The molecule has 1 atom stereocenters. The summed E-state index contributed by atoms with van der Waals surface area (Å²) in [5.41, 5.74) is 6.90. The molecule has 0 aliphatic heterocycles. The Morgan fingerprint density at radius 1 is 1.34 bits per heavy atom. The number of hydrogen-bond acceptors (Lipinski definition) is 8. The summed E-state index contributed by atoms with van der Waals surface area (Å²) < 4.78 is 52.3. The molecular weight excluding hydrogens is 457 g/mol. The molecule has 0 amide bonds. The van der Waals surface area contributed by atoms with Gasteiger partial charge in [0.15, 0.2) is 5.58 Å². The maximum Gasteiger partial charge on any atom is 0.420 e. The lowest BCUT2D eigenvalue weighted by atomic mass is 10.0. The highest BCUT2D eigenvalue weighted by molar-refractivity contribution is 7.93. The number of benzene rings is 2. The minimum absolute atomic E-state index is 0.0187. The van der Waals surface area contributed by atoms with Crippen LogP contribution in [0, 0.1) is 17.7 Å². The average Bonchev–Trinajstić information content (AvgIpc) is 3.37. The Kier molecular flexibility index (Phi) is 5.79. The minimum atomic E-state index is -4.31. The molecule has 12 heteroatoms. The van der Waals surface area contributed by atoms with Crippen molar-refractivity contribution in [3.63, 3.8) is 0 Å². The molecule has 0 bridgehead atoms. The van der Waals surface area contributed by atoms with Gasteiger partial charge in [0.05, 0.1) is 18.1 Å². The molecule has 0 aliphatic rings. The van der Waals surface area contributed by atoms with Crippen LogP contribution in [0.3, 0.4) is 0 Å². The number of nitrogens with one attached hydrogen (secondary N) is 1. The zero-order chi connectivity index (χ0) is 22.9. The summed E-state index contributed by atoms with van der Waals surface area (Å²) in [6.07, 6.45) is 1.17. The fourth-order valence-electron chi connectivity index (χ4n) is 3.17. The molecule has 0 aliphatic carbocycles. The lowest BCUT2D eigenvalue weighted by Gasteiger charge is -2.14. The zero-order valence-corrected chi connectivity index (χ0v) is 18.2. The Morgan fingerprint density at radius 2 is 2.16 bits per heavy atom. The number of oxazole rings is 1. The molecule has 0 fully saturated rings. The Labute approximate surface area is 185 Å². The number of fused-ring (bicyclic) bond motifs is 1. The molecule has 0 saturated carbocycles. The van der Waals surface area contributed by atoms with Crippen LogP contribution in [-0.2, 0) is 10.0 Å². The number of aromatic nitrogens is 3. The molecule has 164 valence electrons. The molecule has 0 spiro atoms. The summed E-state index contributed by atoms with van der Waals surface area (Å²) in [6.45, 7) is 1.95. The van der Waals surface area contributed by atoms with Crippen molar-refractivity contribution in [3.8, 4) is 11.8 Å². The van der Waals surface area contributed by atoms with Gasteiger partial charge in [0.25, 0.3) is 10.0 Å². The van der Waals surface area contributed by atoms with E-state index < -0.39 is 32.5 Å².